The molecule has 0 fully saturated rings. The van der Waals surface area contributed by atoms with Crippen molar-refractivity contribution in [3.63, 3.8) is 0 Å². The van der Waals surface area contributed by atoms with Crippen molar-refractivity contribution in [1.29, 1.82) is 0 Å². The van der Waals surface area contributed by atoms with Gasteiger partial charge in [-0.1, -0.05) is 0 Å². The number of aryl methyl sites for hydroxylation is 1. The summed E-state index contributed by atoms with van der Waals surface area (Å²) in [6.07, 6.45) is 0. The van der Waals surface area contributed by atoms with Crippen LogP contribution < -0.4 is 42.3 Å². The van der Waals surface area contributed by atoms with E-state index in [1.54, 1.807) is 0 Å². The third-order valence-corrected chi connectivity index (χ3v) is 14.9. The van der Waals surface area contributed by atoms with E-state index in [4.69, 9.17) is 4.74 Å². The van der Waals surface area contributed by atoms with Crippen LogP contribution in [-0.4, -0.2) is 111 Å². The highest BCUT2D eigenvalue weighted by Crippen LogP contribution is 2.44. The summed E-state index contributed by atoms with van der Waals surface area (Å²) in [5, 5.41) is 34.2. The highest BCUT2D eigenvalue weighted by molar-refractivity contribution is 7.87. The predicted octanol–water partition coefficient (Wildman–Crippen LogP) is 2.61. The number of methoxy groups -OCH3 is 1. The summed E-state index contributed by atoms with van der Waals surface area (Å²) >= 11 is 0. The summed E-state index contributed by atoms with van der Waals surface area (Å²) in [5.41, 5.74) is 13.0. The van der Waals surface area contributed by atoms with E-state index in [2.05, 4.69) is 37.7 Å². The number of phenolic OH excluding ortho intramolecular Hbond substituents is 2. The smallest absolute Gasteiger partial charge is 0.354 e. The number of ether oxygens (including phenoxy) is 1. The summed E-state index contributed by atoms with van der Waals surface area (Å²) in [5.74, 6) is -4.80. The van der Waals surface area contributed by atoms with Gasteiger partial charge < -0.3 is 36.3 Å². The fourth-order valence-corrected chi connectivity index (χ4v) is 10.4. The minimum Gasteiger partial charge on any atom is -0.507 e. The first kappa shape index (κ1) is 52.2. The van der Waals surface area contributed by atoms with Gasteiger partial charge in [0, 0.05) is 33.7 Å². The van der Waals surface area contributed by atoms with Crippen molar-refractivity contribution in [3.05, 3.63) is 84.4 Å². The number of hydrazine groups is 3. The standard InChI is InChI=1S/C38H34N8O21S5/c1-16-11-26(28(67-2)15-25(16)41-39-23-9-10-29(70(58,59)60)22-12-19(69(55,56)57)13-27(47)31(22)23)42-43-32-30(71(61,62)63)14-21-20(35(32)48)7-8-24(36(21)72(64,65)66)40-44-33-34(38(50)51)45-46(37(33)49)17-3-5-18(6-4-17)68(52,53)54/h3-15,33,39-44,47-48H,1-2H3,(H,50,51)(H,52,53,54)(H,55,56,57)(H,58,59,60)(H,61,62,63)(H,64,65,66). The Morgan fingerprint density at radius 3 is 1.78 bits per heavy atom. The molecule has 6 aromatic carbocycles. The van der Waals surface area contributed by atoms with E-state index in [-0.39, 0.29) is 33.9 Å². The summed E-state index contributed by atoms with van der Waals surface area (Å²) < 4.78 is 177. The van der Waals surface area contributed by atoms with Gasteiger partial charge in [0.05, 0.1) is 45.3 Å². The molecule has 0 spiro atoms. The molecule has 7 rings (SSSR count). The lowest BCUT2D eigenvalue weighted by Crippen LogP contribution is -2.48. The number of anilines is 6. The van der Waals surface area contributed by atoms with Gasteiger partial charge in [-0.15, -0.1) is 0 Å². The van der Waals surface area contributed by atoms with Crippen LogP contribution in [0.4, 0.5) is 34.1 Å². The Balaban J connectivity index is 1.18. The lowest BCUT2D eigenvalue weighted by Gasteiger charge is -2.21. The molecule has 29 nitrogen and oxygen atoms in total. The second-order valence-electron chi connectivity index (χ2n) is 15.0. The van der Waals surface area contributed by atoms with E-state index < -0.39 is 138 Å². The molecule has 1 amide bonds. The number of carboxylic acid groups (broad SMARTS) is 1. The zero-order chi connectivity index (χ0) is 53.2. The number of hydrogen-bond donors (Lipinski definition) is 14. The van der Waals surface area contributed by atoms with E-state index in [0.717, 1.165) is 48.5 Å². The molecule has 1 aliphatic rings. The Morgan fingerprint density at radius 2 is 1.21 bits per heavy atom. The van der Waals surface area contributed by atoms with Crippen molar-refractivity contribution in [2.45, 2.75) is 37.4 Å². The van der Waals surface area contributed by atoms with Crippen LogP contribution in [0.2, 0.25) is 0 Å². The normalized spacial score (nSPS) is 14.5. The van der Waals surface area contributed by atoms with Crippen LogP contribution >= 0.6 is 0 Å². The van der Waals surface area contributed by atoms with Gasteiger partial charge in [-0.3, -0.25) is 38.4 Å². The van der Waals surface area contributed by atoms with Crippen LogP contribution in [0.3, 0.4) is 0 Å². The molecular formula is C38H34N8O21S5. The van der Waals surface area contributed by atoms with Crippen LogP contribution in [0.15, 0.2) is 108 Å². The molecule has 0 bridgehead atoms. The third kappa shape index (κ3) is 10.2. The number of carbonyl (C=O) groups excluding carboxylic acids is 1. The third-order valence-electron chi connectivity index (χ3n) is 10.4. The first-order valence-electron chi connectivity index (χ1n) is 19.3. The van der Waals surface area contributed by atoms with E-state index in [0.29, 0.717) is 28.8 Å². The fourth-order valence-electron chi connectivity index (χ4n) is 7.19. The van der Waals surface area contributed by atoms with E-state index in [9.17, 15) is 89.8 Å². The molecule has 0 aromatic heterocycles. The second kappa shape index (κ2) is 18.5. The van der Waals surface area contributed by atoms with E-state index in [1.165, 1.54) is 26.2 Å². The van der Waals surface area contributed by atoms with Crippen LogP contribution in [0.1, 0.15) is 5.56 Å². The molecule has 0 saturated carbocycles. The topological polar surface area (TPSA) is 464 Å². The molecule has 34 heteroatoms. The van der Waals surface area contributed by atoms with Gasteiger partial charge in [0.2, 0.25) is 0 Å². The molecule has 1 atom stereocenters. The number of carboxylic acids is 1. The number of aliphatic carboxylic acids is 1. The number of nitrogens with zero attached hydrogens (tertiary/aromatic N) is 2. The van der Waals surface area contributed by atoms with Gasteiger partial charge in [0.25, 0.3) is 56.5 Å². The number of hydrazone groups is 1. The van der Waals surface area contributed by atoms with Crippen molar-refractivity contribution >= 4 is 124 Å². The number of aromatic hydroxyl groups is 2. The van der Waals surface area contributed by atoms with Gasteiger partial charge in [-0.05, 0) is 79.2 Å². The van der Waals surface area contributed by atoms with Crippen LogP contribution in [0, 0.1) is 6.92 Å². The fraction of sp³-hybridized carbons (Fsp3) is 0.0789. The Morgan fingerprint density at radius 1 is 0.611 bits per heavy atom. The largest absolute Gasteiger partial charge is 0.507 e. The van der Waals surface area contributed by atoms with Crippen molar-refractivity contribution in [2.24, 2.45) is 5.10 Å². The van der Waals surface area contributed by atoms with Crippen molar-refractivity contribution in [2.75, 3.05) is 39.2 Å². The number of rotatable bonds is 17. The first-order valence-corrected chi connectivity index (χ1v) is 26.5. The van der Waals surface area contributed by atoms with Crippen molar-refractivity contribution < 1.29 is 94.5 Å². The number of nitrogens with one attached hydrogen (secondary N) is 6. The molecule has 1 heterocycles. The first-order chi connectivity index (χ1) is 33.3. The lowest BCUT2D eigenvalue weighted by atomic mass is 10.1. The van der Waals surface area contributed by atoms with Gasteiger partial charge in [-0.2, -0.15) is 52.2 Å². The maximum absolute atomic E-state index is 13.4. The van der Waals surface area contributed by atoms with Crippen molar-refractivity contribution in [1.82, 2.24) is 5.43 Å². The molecule has 382 valence electrons. The Kier molecular flexibility index (Phi) is 13.4. The average molecular weight is 1100 g/mol. The maximum atomic E-state index is 13.4. The highest BCUT2D eigenvalue weighted by Gasteiger charge is 2.41. The number of carbonyl (C=O) groups is 2. The van der Waals surface area contributed by atoms with Crippen molar-refractivity contribution in [3.8, 4) is 17.2 Å². The van der Waals surface area contributed by atoms with Crippen LogP contribution in [-0.2, 0) is 60.2 Å². The minimum absolute atomic E-state index is 0.00309. The summed E-state index contributed by atoms with van der Waals surface area (Å²) in [6, 6.07) is 10.4. The average Bonchev–Trinajstić information content (AvgIpc) is 3.61. The molecular weight excluding hydrogens is 1060 g/mol. The van der Waals surface area contributed by atoms with Gasteiger partial charge in [0.1, 0.15) is 37.6 Å². The number of benzene rings is 6. The highest BCUT2D eigenvalue weighted by atomic mass is 32.2. The molecule has 1 aliphatic heterocycles. The van der Waals surface area contributed by atoms with Gasteiger partial charge >= 0.3 is 5.97 Å². The summed E-state index contributed by atoms with van der Waals surface area (Å²) in [6.45, 7) is 1.53. The predicted molar refractivity (Wildman–Crippen MR) is 252 cm³/mol. The lowest BCUT2D eigenvalue weighted by molar-refractivity contribution is -0.130. The van der Waals surface area contributed by atoms with Crippen LogP contribution in [0.5, 0.6) is 17.2 Å². The van der Waals surface area contributed by atoms with Crippen LogP contribution in [0.25, 0.3) is 21.5 Å². The second-order valence-corrected chi connectivity index (χ2v) is 22.0. The Bertz CT molecular complexity index is 3930. The van der Waals surface area contributed by atoms with E-state index >= 15 is 0 Å². The van der Waals surface area contributed by atoms with Gasteiger partial charge in [-0.25, -0.2) is 10.2 Å². The maximum Gasteiger partial charge on any atom is 0.354 e. The number of fused-ring (bicyclic) bond motifs is 2. The minimum atomic E-state index is -5.48. The molecule has 14 N–H and O–H groups in total. The number of amides is 1. The number of phenols is 2. The summed E-state index contributed by atoms with van der Waals surface area (Å²) in [4.78, 5) is 20.9. The van der Waals surface area contributed by atoms with Gasteiger partial charge in [0.15, 0.2) is 11.8 Å². The quantitative estimate of drug-likeness (QED) is 0.0354. The molecule has 1 unspecified atom stereocenters. The molecule has 6 aromatic rings. The molecule has 72 heavy (non-hydrogen) atoms. The summed E-state index contributed by atoms with van der Waals surface area (Å²) in [7, 11) is -24.3. The Hall–Kier alpha value is -7.64. The molecule has 0 saturated heterocycles. The number of hydrogen-bond acceptors (Lipinski definition) is 22. The zero-order valence-electron chi connectivity index (χ0n) is 35.9. The Labute approximate surface area is 405 Å². The molecule has 0 aliphatic carbocycles. The SMILES string of the molecule is COc1cc(NNc2ccc(S(=O)(=O)O)c3cc(S(=O)(=O)O)cc(O)c23)c(C)cc1NNc1c(S(=O)(=O)O)cc2c(S(=O)(=O)O)c(NNC3C(=O)N(c4ccc(S(=O)(=O)O)cc4)N=C3C(=O)O)ccc2c1O. The molecule has 0 radical (unpaired) electrons. The van der Waals surface area contributed by atoms with E-state index in [1.807, 2.05) is 0 Å². The monoisotopic (exact) mass is 1100 g/mol. The zero-order valence-corrected chi connectivity index (χ0v) is 40.0.